The third-order valence-electron chi connectivity index (χ3n) is 3.69. The van der Waals surface area contributed by atoms with Crippen LogP contribution in [0.3, 0.4) is 0 Å². The molecule has 0 aliphatic heterocycles. The maximum absolute atomic E-state index is 13.5. The van der Waals surface area contributed by atoms with Crippen molar-refractivity contribution in [2.24, 2.45) is 0 Å². The summed E-state index contributed by atoms with van der Waals surface area (Å²) < 4.78 is 14.2. The van der Waals surface area contributed by atoms with Crippen molar-refractivity contribution >= 4 is 44.2 Å². The second kappa shape index (κ2) is 7.47. The van der Waals surface area contributed by atoms with E-state index in [2.05, 4.69) is 4.98 Å². The van der Waals surface area contributed by atoms with Gasteiger partial charge in [0.05, 0.1) is 20.8 Å². The van der Waals surface area contributed by atoms with Crippen LogP contribution in [0.15, 0.2) is 42.5 Å². The van der Waals surface area contributed by atoms with Crippen LogP contribution in [-0.4, -0.2) is 43.0 Å². The Labute approximate surface area is 154 Å². The van der Waals surface area contributed by atoms with Crippen LogP contribution in [0.25, 0.3) is 10.2 Å². The minimum absolute atomic E-state index is 0.216. The second-order valence-corrected chi connectivity index (χ2v) is 7.26. The summed E-state index contributed by atoms with van der Waals surface area (Å²) in [5.41, 5.74) is 1.09. The molecule has 4 nitrogen and oxygen atoms in total. The smallest absolute Gasteiger partial charge is 0.261 e. The van der Waals surface area contributed by atoms with Gasteiger partial charge in [-0.1, -0.05) is 35.1 Å². The molecule has 130 valence electrons. The van der Waals surface area contributed by atoms with Crippen LogP contribution >= 0.6 is 22.9 Å². The minimum Gasteiger partial charge on any atom is -0.308 e. The maximum atomic E-state index is 13.5. The molecule has 1 heterocycles. The average molecular weight is 378 g/mol. The highest BCUT2D eigenvalue weighted by molar-refractivity contribution is 7.22. The number of hydrogen-bond acceptors (Lipinski definition) is 4. The number of halogens is 2. The van der Waals surface area contributed by atoms with E-state index in [1.54, 1.807) is 35.2 Å². The second-order valence-electron chi connectivity index (χ2n) is 5.85. The van der Waals surface area contributed by atoms with Crippen molar-refractivity contribution in [1.29, 1.82) is 0 Å². The molecule has 0 unspecified atom stereocenters. The molecule has 0 N–H and O–H groups in total. The SMILES string of the molecule is CN(C)CCN(C(=O)c1ccccc1Cl)c1nc2ccc(F)cc2s1. The predicted octanol–water partition coefficient (Wildman–Crippen LogP) is 4.30. The normalized spacial score (nSPS) is 11.2. The molecule has 25 heavy (non-hydrogen) atoms. The third-order valence-corrected chi connectivity index (χ3v) is 5.06. The highest BCUT2D eigenvalue weighted by atomic mass is 35.5. The van der Waals surface area contributed by atoms with Gasteiger partial charge in [0.1, 0.15) is 5.82 Å². The van der Waals surface area contributed by atoms with Gasteiger partial charge in [-0.15, -0.1) is 0 Å². The topological polar surface area (TPSA) is 36.4 Å². The summed E-state index contributed by atoms with van der Waals surface area (Å²) in [6.07, 6.45) is 0. The molecule has 1 amide bonds. The Morgan fingerprint density at radius 1 is 1.20 bits per heavy atom. The molecule has 2 aromatic carbocycles. The van der Waals surface area contributed by atoms with E-state index in [9.17, 15) is 9.18 Å². The summed E-state index contributed by atoms with van der Waals surface area (Å²) in [7, 11) is 3.87. The molecule has 0 fully saturated rings. The predicted molar refractivity (Wildman–Crippen MR) is 101 cm³/mol. The third kappa shape index (κ3) is 3.98. The standard InChI is InChI=1S/C18H17ClFN3OS/c1-22(2)9-10-23(17(24)13-5-3-4-6-14(13)19)18-21-15-8-7-12(20)11-16(15)25-18/h3-8,11H,9-10H2,1-2H3. The number of benzene rings is 2. The van der Waals surface area contributed by atoms with E-state index >= 15 is 0 Å². The first-order valence-electron chi connectivity index (χ1n) is 7.73. The summed E-state index contributed by atoms with van der Waals surface area (Å²) in [6, 6.07) is 11.4. The number of thiazole rings is 1. The quantitative estimate of drug-likeness (QED) is 0.665. The molecule has 0 saturated heterocycles. The fraction of sp³-hybridized carbons (Fsp3) is 0.222. The van der Waals surface area contributed by atoms with E-state index in [0.29, 0.717) is 39.0 Å². The van der Waals surface area contributed by atoms with Gasteiger partial charge in [-0.2, -0.15) is 0 Å². The van der Waals surface area contributed by atoms with Crippen LogP contribution in [0.5, 0.6) is 0 Å². The molecular weight excluding hydrogens is 361 g/mol. The molecular formula is C18H17ClFN3OS. The first kappa shape index (κ1) is 17.8. The fourth-order valence-corrected chi connectivity index (χ4v) is 3.60. The summed E-state index contributed by atoms with van der Waals surface area (Å²) in [6.45, 7) is 1.12. The zero-order valence-electron chi connectivity index (χ0n) is 13.9. The van der Waals surface area contributed by atoms with Crippen molar-refractivity contribution in [1.82, 2.24) is 9.88 Å². The molecule has 3 rings (SSSR count). The first-order valence-corrected chi connectivity index (χ1v) is 8.92. The lowest BCUT2D eigenvalue weighted by Gasteiger charge is -2.22. The van der Waals surface area contributed by atoms with Crippen molar-refractivity contribution in [3.05, 3.63) is 58.9 Å². The fourth-order valence-electron chi connectivity index (χ4n) is 2.37. The van der Waals surface area contributed by atoms with E-state index in [0.717, 1.165) is 0 Å². The van der Waals surface area contributed by atoms with Crippen LogP contribution in [0.4, 0.5) is 9.52 Å². The number of nitrogens with zero attached hydrogens (tertiary/aromatic N) is 3. The van der Waals surface area contributed by atoms with Crippen LogP contribution in [-0.2, 0) is 0 Å². The molecule has 3 aromatic rings. The van der Waals surface area contributed by atoms with E-state index < -0.39 is 0 Å². The molecule has 0 saturated carbocycles. The highest BCUT2D eigenvalue weighted by Crippen LogP contribution is 2.31. The monoisotopic (exact) mass is 377 g/mol. The Balaban J connectivity index is 2.01. The number of carbonyl (C=O) groups excluding carboxylic acids is 1. The Hall–Kier alpha value is -2.02. The summed E-state index contributed by atoms with van der Waals surface area (Å²) in [5.74, 6) is -0.535. The van der Waals surface area contributed by atoms with Gasteiger partial charge in [0.25, 0.3) is 5.91 Å². The number of rotatable bonds is 5. The van der Waals surface area contributed by atoms with Crippen LogP contribution in [0.2, 0.25) is 5.02 Å². The molecule has 7 heteroatoms. The van der Waals surface area contributed by atoms with Gasteiger partial charge in [-0.05, 0) is 44.4 Å². The van der Waals surface area contributed by atoms with E-state index in [4.69, 9.17) is 11.6 Å². The molecule has 0 radical (unpaired) electrons. The lowest BCUT2D eigenvalue weighted by Crippen LogP contribution is -2.36. The van der Waals surface area contributed by atoms with Gasteiger partial charge in [-0.3, -0.25) is 9.69 Å². The Morgan fingerprint density at radius 2 is 1.96 bits per heavy atom. The number of hydrogen-bond donors (Lipinski definition) is 0. The van der Waals surface area contributed by atoms with Crippen LogP contribution in [0, 0.1) is 5.82 Å². The van der Waals surface area contributed by atoms with Gasteiger partial charge in [0.2, 0.25) is 0 Å². The van der Waals surface area contributed by atoms with Gasteiger partial charge < -0.3 is 4.90 Å². The highest BCUT2D eigenvalue weighted by Gasteiger charge is 2.23. The van der Waals surface area contributed by atoms with Gasteiger partial charge in [-0.25, -0.2) is 9.37 Å². The van der Waals surface area contributed by atoms with Gasteiger partial charge in [0.15, 0.2) is 5.13 Å². The number of likely N-dealkylation sites (N-methyl/N-ethyl adjacent to an activating group) is 1. The Bertz CT molecular complexity index is 912. The zero-order valence-corrected chi connectivity index (χ0v) is 15.4. The van der Waals surface area contributed by atoms with Crippen LogP contribution in [0.1, 0.15) is 10.4 Å². The van der Waals surface area contributed by atoms with Gasteiger partial charge in [0, 0.05) is 13.1 Å². The zero-order chi connectivity index (χ0) is 18.0. The number of carbonyl (C=O) groups is 1. The number of anilines is 1. The van der Waals surface area contributed by atoms with Crippen molar-refractivity contribution in [2.75, 3.05) is 32.1 Å². The summed E-state index contributed by atoms with van der Waals surface area (Å²) in [5, 5.41) is 0.932. The number of amides is 1. The molecule has 0 bridgehead atoms. The lowest BCUT2D eigenvalue weighted by atomic mass is 10.2. The first-order chi connectivity index (χ1) is 12.0. The Morgan fingerprint density at radius 3 is 2.68 bits per heavy atom. The average Bonchev–Trinajstić information content (AvgIpc) is 2.97. The van der Waals surface area contributed by atoms with Gasteiger partial charge >= 0.3 is 0 Å². The summed E-state index contributed by atoms with van der Waals surface area (Å²) >= 11 is 7.48. The Kier molecular flexibility index (Phi) is 5.32. The van der Waals surface area contributed by atoms with E-state index in [-0.39, 0.29) is 11.7 Å². The molecule has 0 spiro atoms. The van der Waals surface area contributed by atoms with Crippen molar-refractivity contribution in [3.63, 3.8) is 0 Å². The van der Waals surface area contributed by atoms with Crippen molar-refractivity contribution < 1.29 is 9.18 Å². The molecule has 0 aliphatic carbocycles. The van der Waals surface area contributed by atoms with Crippen LogP contribution < -0.4 is 4.90 Å². The number of aromatic nitrogens is 1. The minimum atomic E-state index is -0.319. The van der Waals surface area contributed by atoms with E-state index in [1.807, 2.05) is 19.0 Å². The van der Waals surface area contributed by atoms with Crippen molar-refractivity contribution in [3.8, 4) is 0 Å². The lowest BCUT2D eigenvalue weighted by molar-refractivity contribution is 0.0985. The largest absolute Gasteiger partial charge is 0.308 e. The molecule has 0 atom stereocenters. The van der Waals surface area contributed by atoms with Crippen molar-refractivity contribution in [2.45, 2.75) is 0 Å². The van der Waals surface area contributed by atoms with E-state index in [1.165, 1.54) is 23.5 Å². The molecule has 1 aromatic heterocycles. The maximum Gasteiger partial charge on any atom is 0.261 e. The summed E-state index contributed by atoms with van der Waals surface area (Å²) in [4.78, 5) is 21.1. The molecule has 0 aliphatic rings. The number of fused-ring (bicyclic) bond motifs is 1.